The van der Waals surface area contributed by atoms with Crippen molar-refractivity contribution in [3.05, 3.63) is 12.2 Å². The number of hydrogen-bond acceptors (Lipinski definition) is 4. The number of nitrogens with zero attached hydrogens (tertiary/aromatic N) is 2. The van der Waals surface area contributed by atoms with Crippen LogP contribution in [0.2, 0.25) is 0 Å². The van der Waals surface area contributed by atoms with Crippen LogP contribution in [0.5, 0.6) is 0 Å². The van der Waals surface area contributed by atoms with Gasteiger partial charge in [0.15, 0.2) is 0 Å². The molecule has 0 spiro atoms. The first-order valence-corrected chi connectivity index (χ1v) is 6.45. The fourth-order valence-corrected chi connectivity index (χ4v) is 1.84. The molecule has 1 heterocycles. The summed E-state index contributed by atoms with van der Waals surface area (Å²) in [4.78, 5) is 15.9. The van der Waals surface area contributed by atoms with Crippen molar-refractivity contribution < 1.29 is 4.79 Å². The fourth-order valence-electron chi connectivity index (χ4n) is 1.84. The third-order valence-electron chi connectivity index (χ3n) is 2.77. The molecule has 0 fully saturated rings. The number of nitrogens with one attached hydrogen (secondary N) is 2. The van der Waals surface area contributed by atoms with Crippen LogP contribution in [0, 0.1) is 11.8 Å². The second-order valence-corrected chi connectivity index (χ2v) is 4.89. The Bertz CT molecular complexity index is 336. The molecule has 6 nitrogen and oxygen atoms in total. The minimum absolute atomic E-state index is 0.0590. The van der Waals surface area contributed by atoms with Gasteiger partial charge < -0.3 is 11.1 Å². The molecule has 1 aromatic rings. The van der Waals surface area contributed by atoms with Crippen molar-refractivity contribution in [2.24, 2.45) is 17.6 Å². The molecule has 0 radical (unpaired) electrons. The lowest BCUT2D eigenvalue weighted by Crippen LogP contribution is -2.36. The van der Waals surface area contributed by atoms with E-state index in [0.29, 0.717) is 19.0 Å². The van der Waals surface area contributed by atoms with Gasteiger partial charge in [-0.2, -0.15) is 5.10 Å². The lowest BCUT2D eigenvalue weighted by atomic mass is 9.96. The van der Waals surface area contributed by atoms with E-state index in [9.17, 15) is 4.79 Å². The Morgan fingerprint density at radius 3 is 2.89 bits per heavy atom. The highest BCUT2D eigenvalue weighted by Crippen LogP contribution is 2.10. The zero-order chi connectivity index (χ0) is 13.4. The quantitative estimate of drug-likeness (QED) is 0.587. The zero-order valence-electron chi connectivity index (χ0n) is 11.1. The summed E-state index contributed by atoms with van der Waals surface area (Å²) in [6.45, 7) is 5.25. The summed E-state index contributed by atoms with van der Waals surface area (Å²) in [5.41, 5.74) is 5.62. The van der Waals surface area contributed by atoms with Crippen LogP contribution in [0.25, 0.3) is 0 Å². The molecule has 1 unspecified atom stereocenters. The highest BCUT2D eigenvalue weighted by Gasteiger charge is 2.17. The molecule has 4 N–H and O–H groups in total. The maximum Gasteiger partial charge on any atom is 0.224 e. The van der Waals surface area contributed by atoms with Gasteiger partial charge in [0.2, 0.25) is 5.91 Å². The Morgan fingerprint density at radius 1 is 1.56 bits per heavy atom. The maximum absolute atomic E-state index is 11.8. The molecule has 18 heavy (non-hydrogen) atoms. The average molecular weight is 253 g/mol. The van der Waals surface area contributed by atoms with Gasteiger partial charge in [0, 0.05) is 19.5 Å². The van der Waals surface area contributed by atoms with Crippen molar-refractivity contribution in [2.75, 3.05) is 13.1 Å². The van der Waals surface area contributed by atoms with Crippen molar-refractivity contribution in [3.63, 3.8) is 0 Å². The van der Waals surface area contributed by atoms with Gasteiger partial charge in [0.25, 0.3) is 0 Å². The molecule has 0 aromatic carbocycles. The summed E-state index contributed by atoms with van der Waals surface area (Å²) in [7, 11) is 0. The average Bonchev–Trinajstić information content (AvgIpc) is 2.84. The molecule has 1 amide bonds. The molecular formula is C12H23N5O. The van der Waals surface area contributed by atoms with E-state index < -0.39 is 0 Å². The molecule has 1 rings (SSSR count). The SMILES string of the molecule is CC(C)CC(CN)C(=O)NCCCc1ncn[nH]1. The van der Waals surface area contributed by atoms with Gasteiger partial charge in [-0.15, -0.1) is 0 Å². The molecule has 1 aromatic heterocycles. The van der Waals surface area contributed by atoms with E-state index in [1.807, 2.05) is 0 Å². The molecule has 1 atom stereocenters. The summed E-state index contributed by atoms with van der Waals surface area (Å²) in [6.07, 6.45) is 3.96. The van der Waals surface area contributed by atoms with E-state index in [2.05, 4.69) is 34.3 Å². The molecule has 6 heteroatoms. The van der Waals surface area contributed by atoms with Crippen molar-refractivity contribution in [1.29, 1.82) is 0 Å². The minimum Gasteiger partial charge on any atom is -0.356 e. The monoisotopic (exact) mass is 253 g/mol. The van der Waals surface area contributed by atoms with Gasteiger partial charge in [-0.25, -0.2) is 4.98 Å². The number of carbonyl (C=O) groups excluding carboxylic acids is 1. The highest BCUT2D eigenvalue weighted by molar-refractivity contribution is 5.78. The third-order valence-corrected chi connectivity index (χ3v) is 2.77. The van der Waals surface area contributed by atoms with Gasteiger partial charge in [0.05, 0.1) is 5.92 Å². The summed E-state index contributed by atoms with van der Waals surface area (Å²) < 4.78 is 0. The van der Waals surface area contributed by atoms with Gasteiger partial charge in [-0.1, -0.05) is 13.8 Å². The first kappa shape index (κ1) is 14.6. The normalized spacial score (nSPS) is 12.7. The third kappa shape index (κ3) is 5.27. The molecule has 0 saturated heterocycles. The Balaban J connectivity index is 2.19. The minimum atomic E-state index is -0.0738. The summed E-state index contributed by atoms with van der Waals surface area (Å²) in [6, 6.07) is 0. The summed E-state index contributed by atoms with van der Waals surface area (Å²) in [5, 5.41) is 9.48. The summed E-state index contributed by atoms with van der Waals surface area (Å²) in [5.74, 6) is 1.32. The molecular weight excluding hydrogens is 230 g/mol. The zero-order valence-corrected chi connectivity index (χ0v) is 11.1. The van der Waals surface area contributed by atoms with Gasteiger partial charge >= 0.3 is 0 Å². The first-order chi connectivity index (χ1) is 8.63. The number of H-pyrrole nitrogens is 1. The maximum atomic E-state index is 11.8. The summed E-state index contributed by atoms with van der Waals surface area (Å²) >= 11 is 0. The van der Waals surface area contributed by atoms with E-state index in [0.717, 1.165) is 25.1 Å². The Kier molecular flexibility index (Phi) is 6.35. The van der Waals surface area contributed by atoms with Gasteiger partial charge in [0.1, 0.15) is 12.2 Å². The van der Waals surface area contributed by atoms with Crippen LogP contribution in [-0.2, 0) is 11.2 Å². The standard InChI is InChI=1S/C12H23N5O/c1-9(2)6-10(7-13)12(18)14-5-3-4-11-15-8-16-17-11/h8-10H,3-7,13H2,1-2H3,(H,14,18)(H,15,16,17). The Morgan fingerprint density at radius 2 is 2.33 bits per heavy atom. The molecule has 102 valence electrons. The Labute approximate surface area is 108 Å². The predicted octanol–water partition coefficient (Wildman–Crippen LogP) is 0.475. The van der Waals surface area contributed by atoms with Gasteiger partial charge in [-0.3, -0.25) is 9.89 Å². The molecule has 0 saturated carbocycles. The van der Waals surface area contributed by atoms with Crippen LogP contribution >= 0.6 is 0 Å². The second kappa shape index (κ2) is 7.81. The number of aromatic amines is 1. The van der Waals surface area contributed by atoms with E-state index in [-0.39, 0.29) is 11.8 Å². The lowest BCUT2D eigenvalue weighted by Gasteiger charge is -2.16. The van der Waals surface area contributed by atoms with E-state index in [4.69, 9.17) is 5.73 Å². The van der Waals surface area contributed by atoms with E-state index >= 15 is 0 Å². The smallest absolute Gasteiger partial charge is 0.224 e. The van der Waals surface area contributed by atoms with Crippen molar-refractivity contribution in [2.45, 2.75) is 33.1 Å². The van der Waals surface area contributed by atoms with Crippen LogP contribution in [0.1, 0.15) is 32.5 Å². The molecule has 0 aliphatic heterocycles. The van der Waals surface area contributed by atoms with Crippen LogP contribution in [0.15, 0.2) is 6.33 Å². The fraction of sp³-hybridized carbons (Fsp3) is 0.750. The molecule has 0 bridgehead atoms. The number of aryl methyl sites for hydroxylation is 1. The number of carbonyl (C=O) groups is 1. The predicted molar refractivity (Wildman–Crippen MR) is 69.7 cm³/mol. The molecule has 0 aliphatic rings. The van der Waals surface area contributed by atoms with Crippen LogP contribution in [0.4, 0.5) is 0 Å². The highest BCUT2D eigenvalue weighted by atomic mass is 16.1. The van der Waals surface area contributed by atoms with E-state index in [1.54, 1.807) is 0 Å². The second-order valence-electron chi connectivity index (χ2n) is 4.89. The van der Waals surface area contributed by atoms with Crippen LogP contribution in [0.3, 0.4) is 0 Å². The Hall–Kier alpha value is -1.43. The van der Waals surface area contributed by atoms with Gasteiger partial charge in [-0.05, 0) is 18.8 Å². The number of rotatable bonds is 8. The van der Waals surface area contributed by atoms with Crippen molar-refractivity contribution in [3.8, 4) is 0 Å². The largest absolute Gasteiger partial charge is 0.356 e. The van der Waals surface area contributed by atoms with Crippen molar-refractivity contribution in [1.82, 2.24) is 20.5 Å². The molecule has 0 aliphatic carbocycles. The topological polar surface area (TPSA) is 96.7 Å². The number of nitrogens with two attached hydrogens (primary N) is 1. The lowest BCUT2D eigenvalue weighted by molar-refractivity contribution is -0.125. The van der Waals surface area contributed by atoms with Crippen LogP contribution in [-0.4, -0.2) is 34.2 Å². The number of aromatic nitrogens is 3. The first-order valence-electron chi connectivity index (χ1n) is 6.45. The number of amides is 1. The van der Waals surface area contributed by atoms with E-state index in [1.165, 1.54) is 6.33 Å². The van der Waals surface area contributed by atoms with Crippen LogP contribution < -0.4 is 11.1 Å². The van der Waals surface area contributed by atoms with Crippen molar-refractivity contribution >= 4 is 5.91 Å². The number of hydrogen-bond donors (Lipinski definition) is 3.